The third-order valence-corrected chi connectivity index (χ3v) is 5.30. The maximum atomic E-state index is 5.53. The van der Waals surface area contributed by atoms with Crippen molar-refractivity contribution in [3.05, 3.63) is 53.6 Å². The van der Waals surface area contributed by atoms with Crippen LogP contribution in [0.1, 0.15) is 17.2 Å². The van der Waals surface area contributed by atoms with Gasteiger partial charge in [0.25, 0.3) is 0 Å². The van der Waals surface area contributed by atoms with Crippen LogP contribution >= 0.6 is 11.8 Å². The van der Waals surface area contributed by atoms with Crippen LogP contribution in [0.4, 0.5) is 5.69 Å². The molecule has 0 aliphatic carbocycles. The molecular formula is C18H19NO2S. The number of nitrogens with zero attached hydrogens (tertiary/aromatic N) is 1. The van der Waals surface area contributed by atoms with E-state index in [0.29, 0.717) is 12.8 Å². The molecule has 22 heavy (non-hydrogen) atoms. The van der Waals surface area contributed by atoms with Crippen LogP contribution in [-0.2, 0) is 0 Å². The predicted molar refractivity (Wildman–Crippen MR) is 91.2 cm³/mol. The summed E-state index contributed by atoms with van der Waals surface area (Å²) in [5.41, 5.74) is 3.91. The van der Waals surface area contributed by atoms with Crippen molar-refractivity contribution in [1.29, 1.82) is 0 Å². The number of fused-ring (bicyclic) bond motifs is 1. The highest BCUT2D eigenvalue weighted by atomic mass is 32.2. The first kappa shape index (κ1) is 13.8. The number of hydrogen-bond donors (Lipinski definition) is 0. The van der Waals surface area contributed by atoms with Crippen LogP contribution in [0.25, 0.3) is 0 Å². The summed E-state index contributed by atoms with van der Waals surface area (Å²) >= 11 is 2.03. The van der Waals surface area contributed by atoms with Crippen molar-refractivity contribution in [2.45, 2.75) is 13.0 Å². The maximum absolute atomic E-state index is 5.53. The van der Waals surface area contributed by atoms with Gasteiger partial charge in [-0.2, -0.15) is 11.8 Å². The van der Waals surface area contributed by atoms with Crippen molar-refractivity contribution in [2.24, 2.45) is 0 Å². The highest BCUT2D eigenvalue weighted by Crippen LogP contribution is 2.39. The minimum Gasteiger partial charge on any atom is -0.454 e. The van der Waals surface area contributed by atoms with E-state index in [1.807, 2.05) is 17.8 Å². The van der Waals surface area contributed by atoms with Crippen LogP contribution in [-0.4, -0.2) is 24.8 Å². The van der Waals surface area contributed by atoms with Gasteiger partial charge in [0.1, 0.15) is 0 Å². The Morgan fingerprint density at radius 1 is 1.05 bits per heavy atom. The van der Waals surface area contributed by atoms with Crippen LogP contribution in [0, 0.1) is 6.92 Å². The first-order valence-corrected chi connectivity index (χ1v) is 8.77. The van der Waals surface area contributed by atoms with E-state index in [1.54, 1.807) is 0 Å². The fourth-order valence-electron chi connectivity index (χ4n) is 3.04. The van der Waals surface area contributed by atoms with Crippen LogP contribution < -0.4 is 14.4 Å². The summed E-state index contributed by atoms with van der Waals surface area (Å²) < 4.78 is 11.0. The van der Waals surface area contributed by atoms with Gasteiger partial charge in [0.2, 0.25) is 6.79 Å². The fourth-order valence-corrected chi connectivity index (χ4v) is 4.13. The molecule has 2 aliphatic heterocycles. The number of benzene rings is 2. The molecule has 4 rings (SSSR count). The highest BCUT2D eigenvalue weighted by molar-refractivity contribution is 7.99. The van der Waals surface area contributed by atoms with E-state index in [-0.39, 0.29) is 0 Å². The number of aryl methyl sites for hydroxylation is 1. The fraction of sp³-hybridized carbons (Fsp3) is 0.333. The zero-order chi connectivity index (χ0) is 14.9. The number of ether oxygens (including phenoxy) is 2. The average molecular weight is 313 g/mol. The van der Waals surface area contributed by atoms with Crippen molar-refractivity contribution < 1.29 is 9.47 Å². The monoisotopic (exact) mass is 313 g/mol. The Morgan fingerprint density at radius 3 is 2.73 bits per heavy atom. The topological polar surface area (TPSA) is 21.7 Å². The quantitative estimate of drug-likeness (QED) is 0.835. The van der Waals surface area contributed by atoms with Crippen molar-refractivity contribution >= 4 is 17.4 Å². The van der Waals surface area contributed by atoms with E-state index in [0.717, 1.165) is 29.5 Å². The summed E-state index contributed by atoms with van der Waals surface area (Å²) in [5, 5.41) is 0. The van der Waals surface area contributed by atoms with Crippen molar-refractivity contribution in [3.63, 3.8) is 0 Å². The van der Waals surface area contributed by atoms with Gasteiger partial charge in [0.15, 0.2) is 11.5 Å². The Morgan fingerprint density at radius 2 is 1.86 bits per heavy atom. The molecule has 2 heterocycles. The molecule has 1 fully saturated rings. The molecular weight excluding hydrogens is 294 g/mol. The van der Waals surface area contributed by atoms with Crippen LogP contribution in [0.3, 0.4) is 0 Å². The van der Waals surface area contributed by atoms with Gasteiger partial charge in [-0.3, -0.25) is 0 Å². The van der Waals surface area contributed by atoms with E-state index >= 15 is 0 Å². The molecule has 0 aromatic heterocycles. The number of anilines is 1. The lowest BCUT2D eigenvalue weighted by Gasteiger charge is -2.37. The Kier molecular flexibility index (Phi) is 3.62. The summed E-state index contributed by atoms with van der Waals surface area (Å²) in [6.07, 6.45) is 0. The lowest BCUT2D eigenvalue weighted by Crippen LogP contribution is -2.36. The van der Waals surface area contributed by atoms with Gasteiger partial charge in [0.05, 0.1) is 6.04 Å². The van der Waals surface area contributed by atoms with E-state index < -0.39 is 0 Å². The largest absolute Gasteiger partial charge is 0.454 e. The molecule has 0 amide bonds. The van der Waals surface area contributed by atoms with E-state index in [4.69, 9.17) is 9.47 Å². The van der Waals surface area contributed by atoms with Crippen LogP contribution in [0.15, 0.2) is 42.5 Å². The lowest BCUT2D eigenvalue weighted by molar-refractivity contribution is 0.174. The molecule has 1 atom stereocenters. The summed E-state index contributed by atoms with van der Waals surface area (Å²) in [5.74, 6) is 3.99. The van der Waals surface area contributed by atoms with Gasteiger partial charge in [-0.1, -0.05) is 29.8 Å². The van der Waals surface area contributed by atoms with E-state index in [9.17, 15) is 0 Å². The third-order valence-electron chi connectivity index (χ3n) is 4.28. The molecule has 0 spiro atoms. The second kappa shape index (κ2) is 5.76. The number of hydrogen-bond acceptors (Lipinski definition) is 4. The molecule has 2 aliphatic rings. The van der Waals surface area contributed by atoms with Crippen molar-refractivity contribution in [3.8, 4) is 11.5 Å². The Balaban J connectivity index is 1.67. The summed E-state index contributed by atoms with van der Waals surface area (Å²) in [4.78, 5) is 2.49. The summed E-state index contributed by atoms with van der Waals surface area (Å²) in [7, 11) is 0. The molecule has 0 bridgehead atoms. The summed E-state index contributed by atoms with van der Waals surface area (Å²) in [6.45, 7) is 3.52. The van der Waals surface area contributed by atoms with Crippen molar-refractivity contribution in [2.75, 3.05) is 29.7 Å². The zero-order valence-electron chi connectivity index (χ0n) is 12.6. The van der Waals surface area contributed by atoms with Gasteiger partial charge in [-0.05, 0) is 24.6 Å². The molecule has 0 radical (unpaired) electrons. The molecule has 1 saturated heterocycles. The molecule has 114 valence electrons. The van der Waals surface area contributed by atoms with E-state index in [1.165, 1.54) is 16.8 Å². The van der Waals surface area contributed by atoms with Gasteiger partial charge in [-0.25, -0.2) is 0 Å². The predicted octanol–water partition coefficient (Wildman–Crippen LogP) is 4.02. The molecule has 2 aromatic carbocycles. The third kappa shape index (κ3) is 2.52. The Labute approximate surface area is 135 Å². The molecule has 1 unspecified atom stereocenters. The second-order valence-corrected chi connectivity index (χ2v) is 6.88. The molecule has 2 aromatic rings. The Hall–Kier alpha value is -1.81. The van der Waals surface area contributed by atoms with E-state index in [2.05, 4.69) is 48.2 Å². The molecule has 3 nitrogen and oxygen atoms in total. The zero-order valence-corrected chi connectivity index (χ0v) is 13.4. The smallest absolute Gasteiger partial charge is 0.231 e. The van der Waals surface area contributed by atoms with Crippen LogP contribution in [0.5, 0.6) is 11.5 Å². The van der Waals surface area contributed by atoms with Crippen molar-refractivity contribution in [1.82, 2.24) is 0 Å². The summed E-state index contributed by atoms with van der Waals surface area (Å²) in [6, 6.07) is 15.6. The highest BCUT2D eigenvalue weighted by Gasteiger charge is 2.26. The standard InChI is InChI=1S/C18H19NO2S/c1-13-2-4-14(5-3-13)16-11-22-9-8-19(16)15-6-7-17-18(10-15)21-12-20-17/h2-7,10,16H,8-9,11-12H2,1H3. The molecule has 0 N–H and O–H groups in total. The van der Waals surface area contributed by atoms with Gasteiger partial charge < -0.3 is 14.4 Å². The lowest BCUT2D eigenvalue weighted by atomic mass is 10.0. The second-order valence-electron chi connectivity index (χ2n) is 5.73. The van der Waals surface area contributed by atoms with Crippen LogP contribution in [0.2, 0.25) is 0 Å². The average Bonchev–Trinajstić information content (AvgIpc) is 3.03. The first-order chi connectivity index (χ1) is 10.8. The first-order valence-electron chi connectivity index (χ1n) is 7.62. The SMILES string of the molecule is Cc1ccc(C2CSCCN2c2ccc3c(c2)OCO3)cc1. The van der Waals surface area contributed by atoms with Gasteiger partial charge in [0, 0.05) is 29.8 Å². The normalized spacial score (nSPS) is 20.2. The number of rotatable bonds is 2. The Bertz CT molecular complexity index is 671. The number of thioether (sulfide) groups is 1. The maximum Gasteiger partial charge on any atom is 0.231 e. The molecule has 0 saturated carbocycles. The van der Waals surface area contributed by atoms with Gasteiger partial charge in [-0.15, -0.1) is 0 Å². The minimum absolute atomic E-state index is 0.329. The minimum atomic E-state index is 0.329. The van der Waals surface area contributed by atoms with Gasteiger partial charge >= 0.3 is 0 Å². The molecule has 4 heteroatoms.